The van der Waals surface area contributed by atoms with Crippen LogP contribution in [0.15, 0.2) is 11.1 Å². The zero-order valence-corrected chi connectivity index (χ0v) is 10.0. The Bertz CT molecular complexity index is 466. The molecular formula is C8H13N3O2S2. The maximum atomic E-state index is 11.3. The Hall–Kier alpha value is -0.690. The molecule has 1 aromatic rings. The first-order chi connectivity index (χ1) is 7.02. The molecule has 1 aliphatic heterocycles. The predicted molar refractivity (Wildman–Crippen MR) is 60.7 cm³/mol. The highest BCUT2D eigenvalue weighted by Gasteiger charge is 2.30. The topological polar surface area (TPSA) is 78.0 Å². The molecule has 0 amide bonds. The molecular weight excluding hydrogens is 234 g/mol. The van der Waals surface area contributed by atoms with E-state index in [4.69, 9.17) is 5.73 Å². The third-order valence-corrected chi connectivity index (χ3v) is 4.87. The smallest absolute Gasteiger partial charge is 0.152 e. The minimum atomic E-state index is -2.88. The molecule has 1 saturated heterocycles. The molecule has 0 saturated carbocycles. The van der Waals surface area contributed by atoms with Gasteiger partial charge in [-0.25, -0.2) is 13.1 Å². The van der Waals surface area contributed by atoms with Crippen molar-refractivity contribution in [2.24, 2.45) is 0 Å². The highest BCUT2D eigenvalue weighted by atomic mass is 32.2. The summed E-state index contributed by atoms with van der Waals surface area (Å²) in [6.07, 6.45) is 2.53. The molecule has 1 atom stereocenters. The van der Waals surface area contributed by atoms with E-state index in [1.807, 2.05) is 6.26 Å². The van der Waals surface area contributed by atoms with Crippen LogP contribution in [0.4, 0.5) is 5.82 Å². The second-order valence-corrected chi connectivity index (χ2v) is 6.67. The van der Waals surface area contributed by atoms with Crippen LogP contribution < -0.4 is 5.73 Å². The fourth-order valence-corrected chi connectivity index (χ4v) is 3.85. The van der Waals surface area contributed by atoms with E-state index in [9.17, 15) is 8.42 Å². The summed E-state index contributed by atoms with van der Waals surface area (Å²) in [5.74, 6) is 0.944. The van der Waals surface area contributed by atoms with Crippen LogP contribution in [-0.4, -0.2) is 36.0 Å². The van der Waals surface area contributed by atoms with E-state index in [0.717, 1.165) is 5.03 Å². The lowest BCUT2D eigenvalue weighted by molar-refractivity contribution is 0.498. The van der Waals surface area contributed by atoms with E-state index in [-0.39, 0.29) is 17.5 Å². The zero-order chi connectivity index (χ0) is 11.1. The Kier molecular flexibility index (Phi) is 2.68. The Morgan fingerprint density at radius 3 is 2.87 bits per heavy atom. The summed E-state index contributed by atoms with van der Waals surface area (Å²) in [4.78, 5) is 0. The van der Waals surface area contributed by atoms with Crippen molar-refractivity contribution in [1.82, 2.24) is 9.78 Å². The SMILES string of the molecule is CSc1cc(N)n(C2CCS(=O)(=O)C2)n1. The first-order valence-electron chi connectivity index (χ1n) is 4.61. The van der Waals surface area contributed by atoms with Crippen molar-refractivity contribution in [3.63, 3.8) is 0 Å². The van der Waals surface area contributed by atoms with Gasteiger partial charge in [-0.05, 0) is 12.7 Å². The van der Waals surface area contributed by atoms with Gasteiger partial charge in [0.2, 0.25) is 0 Å². The van der Waals surface area contributed by atoms with E-state index >= 15 is 0 Å². The molecule has 0 aromatic carbocycles. The molecule has 5 nitrogen and oxygen atoms in total. The number of hydrogen-bond acceptors (Lipinski definition) is 5. The third-order valence-electron chi connectivity index (χ3n) is 2.51. The second kappa shape index (κ2) is 3.71. The lowest BCUT2D eigenvalue weighted by Gasteiger charge is -2.09. The molecule has 0 radical (unpaired) electrons. The summed E-state index contributed by atoms with van der Waals surface area (Å²) in [6.45, 7) is 0. The van der Waals surface area contributed by atoms with Crippen LogP contribution in [0.1, 0.15) is 12.5 Å². The van der Waals surface area contributed by atoms with Gasteiger partial charge in [-0.3, -0.25) is 0 Å². The zero-order valence-electron chi connectivity index (χ0n) is 8.38. The molecule has 1 unspecified atom stereocenters. The Balaban J connectivity index is 2.27. The summed E-state index contributed by atoms with van der Waals surface area (Å²) in [5.41, 5.74) is 5.78. The number of aromatic nitrogens is 2. The van der Waals surface area contributed by atoms with Gasteiger partial charge < -0.3 is 5.73 Å². The first kappa shape index (κ1) is 10.8. The fraction of sp³-hybridized carbons (Fsp3) is 0.625. The standard InChI is InChI=1S/C8H13N3O2S2/c1-14-8-4-7(9)11(10-8)6-2-3-15(12,13)5-6/h4,6H,2-3,5,9H2,1H3. The average molecular weight is 247 g/mol. The number of sulfone groups is 1. The van der Waals surface area contributed by atoms with Gasteiger partial charge in [0.05, 0.1) is 17.5 Å². The molecule has 2 heterocycles. The van der Waals surface area contributed by atoms with Gasteiger partial charge in [0.25, 0.3) is 0 Å². The van der Waals surface area contributed by atoms with Gasteiger partial charge in [-0.1, -0.05) is 0 Å². The molecule has 84 valence electrons. The van der Waals surface area contributed by atoms with Gasteiger partial charge in [-0.15, -0.1) is 11.8 Å². The van der Waals surface area contributed by atoms with Crippen LogP contribution in [0.5, 0.6) is 0 Å². The van der Waals surface area contributed by atoms with Gasteiger partial charge in [0, 0.05) is 6.07 Å². The largest absolute Gasteiger partial charge is 0.384 e. The number of nitrogen functional groups attached to an aromatic ring is 1. The quantitative estimate of drug-likeness (QED) is 0.772. The molecule has 7 heteroatoms. The van der Waals surface area contributed by atoms with Gasteiger partial charge in [0.1, 0.15) is 10.8 Å². The number of anilines is 1. The minimum absolute atomic E-state index is 0.0871. The van der Waals surface area contributed by atoms with Crippen molar-refractivity contribution in [3.8, 4) is 0 Å². The Labute approximate surface area is 92.9 Å². The van der Waals surface area contributed by atoms with Crippen molar-refractivity contribution >= 4 is 27.4 Å². The van der Waals surface area contributed by atoms with Crippen LogP contribution >= 0.6 is 11.8 Å². The molecule has 1 aromatic heterocycles. The first-order valence-corrected chi connectivity index (χ1v) is 7.66. The predicted octanol–water partition coefficient (Wildman–Crippen LogP) is 0.547. The van der Waals surface area contributed by atoms with Crippen molar-refractivity contribution in [3.05, 3.63) is 6.07 Å². The molecule has 2 rings (SSSR count). The van der Waals surface area contributed by atoms with Gasteiger partial charge in [-0.2, -0.15) is 5.10 Å². The molecule has 0 bridgehead atoms. The summed E-state index contributed by atoms with van der Waals surface area (Å²) in [7, 11) is -2.88. The Morgan fingerprint density at radius 2 is 2.40 bits per heavy atom. The Morgan fingerprint density at radius 1 is 1.67 bits per heavy atom. The molecule has 1 aliphatic rings. The van der Waals surface area contributed by atoms with Gasteiger partial charge in [0.15, 0.2) is 9.84 Å². The van der Waals surface area contributed by atoms with Crippen LogP contribution in [0.25, 0.3) is 0 Å². The molecule has 15 heavy (non-hydrogen) atoms. The minimum Gasteiger partial charge on any atom is -0.384 e. The maximum Gasteiger partial charge on any atom is 0.152 e. The fourth-order valence-electron chi connectivity index (χ4n) is 1.75. The van der Waals surface area contributed by atoms with E-state index in [0.29, 0.717) is 12.2 Å². The summed E-state index contributed by atoms with van der Waals surface area (Å²) in [5, 5.41) is 5.10. The summed E-state index contributed by atoms with van der Waals surface area (Å²) < 4.78 is 24.3. The monoisotopic (exact) mass is 247 g/mol. The van der Waals surface area contributed by atoms with Crippen LogP contribution in [0.3, 0.4) is 0 Å². The molecule has 0 aliphatic carbocycles. The summed E-state index contributed by atoms with van der Waals surface area (Å²) in [6, 6.07) is 1.69. The van der Waals surface area contributed by atoms with Gasteiger partial charge >= 0.3 is 0 Å². The van der Waals surface area contributed by atoms with E-state index in [2.05, 4.69) is 5.10 Å². The van der Waals surface area contributed by atoms with Crippen molar-refractivity contribution in [2.75, 3.05) is 23.5 Å². The summed E-state index contributed by atoms with van der Waals surface area (Å²) >= 11 is 1.50. The number of rotatable bonds is 2. The maximum absolute atomic E-state index is 11.3. The van der Waals surface area contributed by atoms with Crippen LogP contribution in [-0.2, 0) is 9.84 Å². The number of thioether (sulfide) groups is 1. The van der Waals surface area contributed by atoms with Crippen molar-refractivity contribution < 1.29 is 8.42 Å². The molecule has 2 N–H and O–H groups in total. The number of nitrogens with two attached hydrogens (primary N) is 1. The van der Waals surface area contributed by atoms with Crippen LogP contribution in [0, 0.1) is 0 Å². The number of hydrogen-bond donors (Lipinski definition) is 1. The molecule has 0 spiro atoms. The van der Waals surface area contributed by atoms with Crippen molar-refractivity contribution in [2.45, 2.75) is 17.5 Å². The van der Waals surface area contributed by atoms with E-state index in [1.54, 1.807) is 10.7 Å². The molecule has 1 fully saturated rings. The highest BCUT2D eigenvalue weighted by Crippen LogP contribution is 2.27. The van der Waals surface area contributed by atoms with Crippen LogP contribution in [0.2, 0.25) is 0 Å². The normalized spacial score (nSPS) is 24.5. The average Bonchev–Trinajstić information content (AvgIpc) is 2.69. The van der Waals surface area contributed by atoms with Crippen molar-refractivity contribution in [1.29, 1.82) is 0 Å². The van der Waals surface area contributed by atoms with E-state index < -0.39 is 9.84 Å². The lowest BCUT2D eigenvalue weighted by atomic mass is 10.3. The third kappa shape index (κ3) is 2.12. The van der Waals surface area contributed by atoms with E-state index in [1.165, 1.54) is 11.8 Å². The second-order valence-electron chi connectivity index (χ2n) is 3.61. The lowest BCUT2D eigenvalue weighted by Crippen LogP contribution is -2.14. The highest BCUT2D eigenvalue weighted by molar-refractivity contribution is 7.98. The number of nitrogens with zero attached hydrogens (tertiary/aromatic N) is 2.